The van der Waals surface area contributed by atoms with E-state index >= 15 is 0 Å². The first kappa shape index (κ1) is 45.0. The van der Waals surface area contributed by atoms with Crippen LogP contribution in [0.1, 0.15) is 50.7 Å². The van der Waals surface area contributed by atoms with Gasteiger partial charge in [0.15, 0.2) is 12.0 Å². The Hall–Kier alpha value is -7.77. The third-order valence-corrected chi connectivity index (χ3v) is 12.6. The van der Waals surface area contributed by atoms with Crippen LogP contribution in [0.3, 0.4) is 0 Å². The van der Waals surface area contributed by atoms with Crippen LogP contribution in [-0.2, 0) is 20.1 Å². The van der Waals surface area contributed by atoms with E-state index in [-0.39, 0.29) is 37.8 Å². The summed E-state index contributed by atoms with van der Waals surface area (Å²) in [6.07, 6.45) is 3.14. The monoisotopic (exact) mass is 1080 g/mol. The molecule has 1 radical (unpaired) electrons. The van der Waals surface area contributed by atoms with Crippen LogP contribution in [0.2, 0.25) is 0 Å². The molecule has 8 heteroatoms. The van der Waals surface area contributed by atoms with Crippen LogP contribution >= 0.6 is 0 Å². The first-order chi connectivity index (χ1) is 33.3. The average Bonchev–Trinajstić information content (AvgIpc) is 4.12. The van der Waals surface area contributed by atoms with Crippen molar-refractivity contribution in [3.8, 4) is 61.7 Å². The van der Waals surface area contributed by atoms with Gasteiger partial charge >= 0.3 is 0 Å². The van der Waals surface area contributed by atoms with E-state index in [9.17, 15) is 4.39 Å². The van der Waals surface area contributed by atoms with Gasteiger partial charge in [0.05, 0.1) is 22.4 Å². The van der Waals surface area contributed by atoms with Gasteiger partial charge in [-0.15, -0.1) is 48.0 Å². The van der Waals surface area contributed by atoms with Crippen LogP contribution < -0.4 is 0 Å². The Bertz CT molecular complexity index is 3730. The first-order valence-corrected chi connectivity index (χ1v) is 22.9. The minimum atomic E-state index is -0.315. The number of halogens is 1. The zero-order valence-corrected chi connectivity index (χ0v) is 40.8. The fraction of sp³-hybridized carbons (Fsp3) is 0.0984. The number of furan rings is 1. The van der Waals surface area contributed by atoms with E-state index in [1.807, 2.05) is 48.5 Å². The van der Waals surface area contributed by atoms with Crippen LogP contribution in [0.15, 0.2) is 197 Å². The van der Waals surface area contributed by atoms with Crippen LogP contribution in [0.4, 0.5) is 4.39 Å². The SMILES string of the molecule is CC(C)c1cc(-c2ccc(-c3ccccc3)cc2)cc(C(C)C)c1-n1c(-c2[c-]ccc3c2oc2ccccc23)nc2ccccc21.Fc1c[c-]c(-c2ncccc2-c2ccc3ocnc3c2)cc1.[Ir]. The van der Waals surface area contributed by atoms with E-state index in [2.05, 4.69) is 164 Å². The number of benzene rings is 8. The number of oxazole rings is 1. The topological polar surface area (TPSA) is 69.9 Å². The van der Waals surface area contributed by atoms with Crippen molar-refractivity contribution in [1.29, 1.82) is 0 Å². The van der Waals surface area contributed by atoms with Crippen LogP contribution in [-0.4, -0.2) is 19.5 Å². The van der Waals surface area contributed by atoms with Gasteiger partial charge in [0.2, 0.25) is 0 Å². The molecule has 4 aromatic heterocycles. The van der Waals surface area contributed by atoms with E-state index in [0.717, 1.165) is 77.8 Å². The summed E-state index contributed by atoms with van der Waals surface area (Å²) in [6.45, 7) is 9.15. The second-order valence-electron chi connectivity index (χ2n) is 17.6. The molecule has 0 unspecified atom stereocenters. The normalized spacial score (nSPS) is 11.4. The molecule has 0 aliphatic carbocycles. The number of imidazole rings is 1. The Morgan fingerprint density at radius 2 is 1.28 bits per heavy atom. The van der Waals surface area contributed by atoms with Crippen molar-refractivity contribution in [2.75, 3.05) is 0 Å². The Balaban J connectivity index is 0.000000201. The van der Waals surface area contributed by atoms with E-state index in [1.165, 1.54) is 57.6 Å². The van der Waals surface area contributed by atoms with Crippen LogP contribution in [0.5, 0.6) is 0 Å². The fourth-order valence-electron chi connectivity index (χ4n) is 9.18. The predicted molar refractivity (Wildman–Crippen MR) is 273 cm³/mol. The molecule has 0 atom stereocenters. The third-order valence-electron chi connectivity index (χ3n) is 12.6. The summed E-state index contributed by atoms with van der Waals surface area (Å²) in [5.74, 6) is 1.08. The molecule has 69 heavy (non-hydrogen) atoms. The van der Waals surface area contributed by atoms with Crippen LogP contribution in [0, 0.1) is 17.9 Å². The molecule has 12 aromatic rings. The van der Waals surface area contributed by atoms with Crippen molar-refractivity contribution in [2.24, 2.45) is 0 Å². The predicted octanol–water partition coefficient (Wildman–Crippen LogP) is 16.5. The summed E-state index contributed by atoms with van der Waals surface area (Å²) in [5, 5.41) is 2.18. The smallest absolute Gasteiger partial charge is 0.181 e. The quantitative estimate of drug-likeness (QED) is 0.142. The molecule has 0 spiro atoms. The molecule has 4 heterocycles. The summed E-state index contributed by atoms with van der Waals surface area (Å²) in [5.41, 5.74) is 18.2. The van der Waals surface area contributed by atoms with E-state index in [0.29, 0.717) is 0 Å². The number of pyridine rings is 1. The molecule has 8 aromatic carbocycles. The Morgan fingerprint density at radius 3 is 2.03 bits per heavy atom. The van der Waals surface area contributed by atoms with Gasteiger partial charge in [-0.3, -0.25) is 9.37 Å². The van der Waals surface area contributed by atoms with Gasteiger partial charge in [-0.1, -0.05) is 136 Å². The molecular formula is C61H45FIrN4O2-2. The molecule has 0 saturated carbocycles. The van der Waals surface area contributed by atoms with Gasteiger partial charge in [-0.25, -0.2) is 4.98 Å². The standard InChI is InChI=1S/C43H35N2O.C18H10FN2O.Ir/c1-27(2)36-25-32(31-23-21-30(22-24-31)29-13-6-5-7-14-29)26-37(28(3)4)41(36)45-39-19-10-9-18-38(39)44-43(45)35-17-12-16-34-33-15-8-11-20-40(33)46-42(34)35;19-14-6-3-12(4-7-14)18-15(2-1-9-20-18)13-5-8-17-16(10-13)21-11-22-17;/h5-16,18-28H,1-4H3;1-3,5-11H;/q2*-1;. The second-order valence-corrected chi connectivity index (χ2v) is 17.6. The zero-order valence-electron chi connectivity index (χ0n) is 38.4. The van der Waals surface area contributed by atoms with Gasteiger partial charge in [0.1, 0.15) is 11.1 Å². The van der Waals surface area contributed by atoms with Gasteiger partial charge < -0.3 is 18.4 Å². The number of fused-ring (bicyclic) bond motifs is 5. The fourth-order valence-corrected chi connectivity index (χ4v) is 9.18. The van der Waals surface area contributed by atoms with Crippen molar-refractivity contribution in [3.63, 3.8) is 0 Å². The molecule has 0 aliphatic heterocycles. The van der Waals surface area contributed by atoms with Crippen molar-refractivity contribution in [2.45, 2.75) is 39.5 Å². The number of rotatable bonds is 8. The molecule has 0 aliphatic rings. The Labute approximate surface area is 413 Å². The molecule has 0 fully saturated rings. The van der Waals surface area contributed by atoms with Crippen LogP contribution in [0.25, 0.3) is 106 Å². The van der Waals surface area contributed by atoms with Gasteiger partial charge in [0, 0.05) is 43.2 Å². The summed E-state index contributed by atoms with van der Waals surface area (Å²) in [4.78, 5) is 13.9. The Kier molecular flexibility index (Phi) is 12.5. The number of para-hydroxylation sites is 3. The third kappa shape index (κ3) is 8.59. The molecular weight excluding hydrogens is 1030 g/mol. The maximum absolute atomic E-state index is 13.1. The minimum absolute atomic E-state index is 0. The van der Waals surface area contributed by atoms with Crippen molar-refractivity contribution in [3.05, 3.63) is 218 Å². The number of nitrogens with zero attached hydrogens (tertiary/aromatic N) is 4. The molecule has 0 amide bonds. The van der Waals surface area contributed by atoms with E-state index < -0.39 is 0 Å². The number of hydrogen-bond donors (Lipinski definition) is 0. The largest absolute Gasteiger partial charge is 0.501 e. The van der Waals surface area contributed by atoms with Crippen molar-refractivity contribution < 1.29 is 33.3 Å². The Morgan fingerprint density at radius 1 is 0.580 bits per heavy atom. The molecule has 339 valence electrons. The maximum atomic E-state index is 13.1. The van der Waals surface area contributed by atoms with E-state index in [1.54, 1.807) is 12.3 Å². The summed E-state index contributed by atoms with van der Waals surface area (Å²) in [6, 6.07) is 65.5. The second kappa shape index (κ2) is 19.1. The molecule has 0 saturated heterocycles. The van der Waals surface area contributed by atoms with Gasteiger partial charge in [-0.05, 0) is 111 Å². The van der Waals surface area contributed by atoms with Gasteiger partial charge in [0.25, 0.3) is 0 Å². The van der Waals surface area contributed by atoms with Crippen molar-refractivity contribution >= 4 is 44.1 Å². The van der Waals surface area contributed by atoms with E-state index in [4.69, 9.17) is 13.8 Å². The minimum Gasteiger partial charge on any atom is -0.501 e. The molecule has 0 bridgehead atoms. The molecule has 12 rings (SSSR count). The zero-order chi connectivity index (χ0) is 46.3. The molecule has 0 N–H and O–H groups in total. The summed E-state index contributed by atoms with van der Waals surface area (Å²) < 4.78 is 27.2. The molecule has 6 nitrogen and oxygen atoms in total. The summed E-state index contributed by atoms with van der Waals surface area (Å²) >= 11 is 0. The van der Waals surface area contributed by atoms with Gasteiger partial charge in [-0.2, -0.15) is 0 Å². The summed E-state index contributed by atoms with van der Waals surface area (Å²) in [7, 11) is 0. The number of aromatic nitrogens is 4. The van der Waals surface area contributed by atoms with Crippen molar-refractivity contribution in [1.82, 2.24) is 19.5 Å². The average molecular weight is 1080 g/mol. The number of hydrogen-bond acceptors (Lipinski definition) is 5. The first-order valence-electron chi connectivity index (χ1n) is 22.9. The maximum Gasteiger partial charge on any atom is 0.181 e.